The molecule has 0 amide bonds. The highest BCUT2D eigenvalue weighted by Crippen LogP contribution is 2.50. The molecule has 6 heterocycles. The molecule has 0 aliphatic carbocycles. The Morgan fingerprint density at radius 1 is 0.437 bits per heavy atom. The Kier molecular flexibility index (Phi) is 19.8. The summed E-state index contributed by atoms with van der Waals surface area (Å²) < 4.78 is 63.6. The summed E-state index contributed by atoms with van der Waals surface area (Å²) in [6, 6.07) is 47.5. The van der Waals surface area contributed by atoms with Crippen molar-refractivity contribution >= 4 is 82.9 Å². The number of halogens is 2. The van der Waals surface area contributed by atoms with Gasteiger partial charge in [-0.2, -0.15) is 0 Å². The van der Waals surface area contributed by atoms with Gasteiger partial charge in [-0.25, -0.2) is 23.2 Å². The maximum atomic E-state index is 14.0. The average Bonchev–Trinajstić information content (AvgIpc) is 0.745. The zero-order valence-corrected chi connectivity index (χ0v) is 59.5. The van der Waals surface area contributed by atoms with Crippen molar-refractivity contribution in [1.29, 1.82) is 0 Å². The molecule has 528 valence electrons. The third-order valence-electron chi connectivity index (χ3n) is 20.3. The van der Waals surface area contributed by atoms with Crippen molar-refractivity contribution in [2.24, 2.45) is 0 Å². The van der Waals surface area contributed by atoms with Crippen LogP contribution in [0.4, 0.5) is 8.78 Å². The van der Waals surface area contributed by atoms with Gasteiger partial charge in [0.2, 0.25) is 0 Å². The normalized spacial score (nSPS) is 14.7. The number of carbonyl (C=O) groups is 3. The number of aliphatic carboxylic acids is 3. The standard InChI is InChI=1S/C29H28FNO4.C29H29NO4.C28H26FNO4/c1-4-29(3,16-30)35-27(28(32)33)23-17(2)15-19-7-5-6-8-20(19)25(23)21-9-10-22-24-18(12-14-34-22)11-13-31-26(21)24;1-5-29(3,4)34-27(28(31)32)23-17(2)16-19-8-6-7-9-20(19)25(23)21-10-11-22-24-18(13-15-33-22)12-14-30-26(21)24;1-16-14-18-6-4-5-7-19(18)24(22(16)26(27(31)32)34-28(2,3)15-29)20-8-9-21-23-17(11-13-33-21)10-12-30-25(20)23/h5-11,13,15,27H,4,12,14,16H2,1-3H3,(H,32,33);6-12,14,16,27H,5,13,15H2,1-4H3,(H,31,32);4-10,12,14,26H,11,13,15H2,1-3H3,(H,31,32)/t27-,29?;27-;26-/m000/s1. The fraction of sp³-hybridized carbons (Fsp3) is 0.302. The summed E-state index contributed by atoms with van der Waals surface area (Å²) in [5, 5.41) is 39.5. The lowest BCUT2D eigenvalue weighted by Gasteiger charge is -2.31. The van der Waals surface area contributed by atoms with Crippen LogP contribution in [0.1, 0.15) is 130 Å². The van der Waals surface area contributed by atoms with E-state index in [1.54, 1.807) is 40.1 Å². The van der Waals surface area contributed by atoms with E-state index in [-0.39, 0.29) is 0 Å². The Labute approximate surface area is 596 Å². The number of aryl methyl sites for hydroxylation is 3. The minimum Gasteiger partial charge on any atom is -0.493 e. The van der Waals surface area contributed by atoms with E-state index in [2.05, 4.69) is 6.07 Å². The third kappa shape index (κ3) is 13.6. The Hall–Kier alpha value is -10.5. The summed E-state index contributed by atoms with van der Waals surface area (Å²) in [7, 11) is 0. The largest absolute Gasteiger partial charge is 0.493 e. The van der Waals surface area contributed by atoms with Crippen LogP contribution in [-0.2, 0) is 47.9 Å². The van der Waals surface area contributed by atoms with Crippen LogP contribution in [0, 0.1) is 20.8 Å². The second kappa shape index (κ2) is 28.8. The molecule has 0 fully saturated rings. The fourth-order valence-corrected chi connectivity index (χ4v) is 14.7. The molecule has 0 saturated carbocycles. The smallest absolute Gasteiger partial charge is 0.337 e. The van der Waals surface area contributed by atoms with Gasteiger partial charge in [-0.05, 0) is 205 Å². The predicted molar refractivity (Wildman–Crippen MR) is 399 cm³/mol. The molecule has 3 aromatic heterocycles. The molecule has 15 nitrogen and oxygen atoms in total. The van der Waals surface area contributed by atoms with Crippen LogP contribution in [0.15, 0.2) is 164 Å². The van der Waals surface area contributed by atoms with E-state index in [0.717, 1.165) is 163 Å². The molecule has 103 heavy (non-hydrogen) atoms. The van der Waals surface area contributed by atoms with E-state index in [4.69, 9.17) is 43.4 Å². The lowest BCUT2D eigenvalue weighted by Crippen LogP contribution is -2.35. The average molecular weight is 1390 g/mol. The second-order valence-corrected chi connectivity index (χ2v) is 28.3. The van der Waals surface area contributed by atoms with E-state index in [1.807, 2.05) is 187 Å². The SMILES string of the molecule is CCC(C)(C)O[C@H](C(=O)O)c1c(C)cc2ccccc2c1-c1ccc2c3c(ccnc13)CCO2.CCC(C)(CF)O[C@H](C(=O)O)c1c(C)cc2ccccc2c1-c1ccc2c3c(ccnc13)CCO2.Cc1cc2ccccc2c(-c2ccc3c4c(ccnc24)CCO3)c1[C@H](OC(C)(C)CF)C(=O)O. The highest BCUT2D eigenvalue weighted by molar-refractivity contribution is 6.12. The first-order chi connectivity index (χ1) is 49.5. The molecular formula is C86H83F2N3O12. The molecule has 0 saturated heterocycles. The van der Waals surface area contributed by atoms with E-state index in [1.165, 1.54) is 5.56 Å². The van der Waals surface area contributed by atoms with Gasteiger partial charge >= 0.3 is 17.9 Å². The zero-order chi connectivity index (χ0) is 72.8. The Morgan fingerprint density at radius 2 is 0.757 bits per heavy atom. The molecule has 0 spiro atoms. The maximum absolute atomic E-state index is 14.0. The minimum absolute atomic E-state index is 0.342. The van der Waals surface area contributed by atoms with Crippen LogP contribution >= 0.6 is 0 Å². The van der Waals surface area contributed by atoms with Crippen LogP contribution < -0.4 is 14.2 Å². The van der Waals surface area contributed by atoms with Gasteiger partial charge in [0.25, 0.3) is 0 Å². The highest BCUT2D eigenvalue weighted by atomic mass is 19.1. The Morgan fingerprint density at radius 3 is 1.06 bits per heavy atom. The number of hydrogen-bond donors (Lipinski definition) is 3. The van der Waals surface area contributed by atoms with Gasteiger partial charge in [-0.15, -0.1) is 0 Å². The van der Waals surface area contributed by atoms with Gasteiger partial charge in [0.1, 0.15) is 30.6 Å². The molecule has 15 rings (SSSR count). The first-order valence-electron chi connectivity index (χ1n) is 35.0. The molecule has 17 heteroatoms. The molecular weight excluding hydrogens is 1300 g/mol. The van der Waals surface area contributed by atoms with Gasteiger partial charge in [0.05, 0.1) is 53.2 Å². The topological polar surface area (TPSA) is 206 Å². The van der Waals surface area contributed by atoms with Gasteiger partial charge in [0, 0.05) is 87.4 Å². The Balaban J connectivity index is 0.000000138. The van der Waals surface area contributed by atoms with Gasteiger partial charge in [-0.1, -0.05) is 105 Å². The summed E-state index contributed by atoms with van der Waals surface area (Å²) in [6.07, 6.45) is 5.00. The molecule has 1 unspecified atom stereocenters. The van der Waals surface area contributed by atoms with Crippen LogP contribution in [0.3, 0.4) is 0 Å². The third-order valence-corrected chi connectivity index (χ3v) is 20.3. The molecule has 0 radical (unpaired) electrons. The monoisotopic (exact) mass is 1390 g/mol. The van der Waals surface area contributed by atoms with Gasteiger partial charge in [0.15, 0.2) is 18.3 Å². The van der Waals surface area contributed by atoms with Crippen molar-refractivity contribution in [1.82, 2.24) is 15.0 Å². The lowest BCUT2D eigenvalue weighted by molar-refractivity contribution is -0.166. The fourth-order valence-electron chi connectivity index (χ4n) is 14.7. The molecule has 12 aromatic rings. The van der Waals surface area contributed by atoms with Crippen LogP contribution in [0.2, 0.25) is 0 Å². The van der Waals surface area contributed by atoms with Gasteiger partial charge < -0.3 is 43.7 Å². The number of ether oxygens (including phenoxy) is 6. The lowest BCUT2D eigenvalue weighted by atomic mass is 9.85. The van der Waals surface area contributed by atoms with Crippen molar-refractivity contribution < 1.29 is 66.9 Å². The summed E-state index contributed by atoms with van der Waals surface area (Å²) in [5.41, 5.74) is 11.7. The first kappa shape index (κ1) is 71.0. The van der Waals surface area contributed by atoms with Crippen molar-refractivity contribution in [3.8, 4) is 50.6 Å². The quantitative estimate of drug-likeness (QED) is 0.0688. The predicted octanol–water partition coefficient (Wildman–Crippen LogP) is 19.4. The molecule has 0 bridgehead atoms. The van der Waals surface area contributed by atoms with E-state index in [0.29, 0.717) is 49.4 Å². The summed E-state index contributed by atoms with van der Waals surface area (Å²) in [5.74, 6) is -0.947. The van der Waals surface area contributed by atoms with E-state index < -0.39 is 66.4 Å². The molecule has 4 atom stereocenters. The first-order valence-corrected chi connectivity index (χ1v) is 35.0. The van der Waals surface area contributed by atoms with Crippen LogP contribution in [-0.4, -0.2) is 98.2 Å². The number of nitrogens with zero attached hydrogens (tertiary/aromatic N) is 3. The number of fused-ring (bicyclic) bond motifs is 3. The van der Waals surface area contributed by atoms with E-state index >= 15 is 0 Å². The summed E-state index contributed by atoms with van der Waals surface area (Å²) in [6.45, 7) is 18.4. The van der Waals surface area contributed by atoms with Crippen LogP contribution in [0.25, 0.3) is 98.4 Å². The Bertz CT molecular complexity index is 5090. The number of rotatable bonds is 19. The number of carboxylic acid groups (broad SMARTS) is 3. The number of benzene rings is 9. The molecule has 3 N–H and O–H groups in total. The molecule has 3 aliphatic heterocycles. The molecule has 9 aromatic carbocycles. The van der Waals surface area contributed by atoms with Crippen molar-refractivity contribution in [2.75, 3.05) is 33.2 Å². The van der Waals surface area contributed by atoms with Crippen LogP contribution in [0.5, 0.6) is 17.2 Å². The van der Waals surface area contributed by atoms with Crippen molar-refractivity contribution in [3.63, 3.8) is 0 Å². The van der Waals surface area contributed by atoms with Crippen molar-refractivity contribution in [2.45, 2.75) is 136 Å². The van der Waals surface area contributed by atoms with E-state index in [9.17, 15) is 38.5 Å². The number of alkyl halides is 2. The number of hydrogen-bond acceptors (Lipinski definition) is 12. The minimum atomic E-state index is -1.35. The number of carboxylic acids is 3. The number of pyridine rings is 3. The molecule has 3 aliphatic rings. The van der Waals surface area contributed by atoms with Gasteiger partial charge in [-0.3, -0.25) is 15.0 Å². The second-order valence-electron chi connectivity index (χ2n) is 28.3. The zero-order valence-electron chi connectivity index (χ0n) is 59.5. The summed E-state index contributed by atoms with van der Waals surface area (Å²) >= 11 is 0. The van der Waals surface area contributed by atoms with Crippen molar-refractivity contribution in [3.05, 3.63) is 214 Å². The summed E-state index contributed by atoms with van der Waals surface area (Å²) in [4.78, 5) is 52.0. The highest BCUT2D eigenvalue weighted by Gasteiger charge is 2.39. The number of aromatic nitrogens is 3. The maximum Gasteiger partial charge on any atom is 0.337 e.